The molecule has 5 nitrogen and oxygen atoms in total. The summed E-state index contributed by atoms with van der Waals surface area (Å²) in [6.45, 7) is 8.13. The molecule has 0 unspecified atom stereocenters. The van der Waals surface area contributed by atoms with Crippen LogP contribution in [0.3, 0.4) is 0 Å². The molecule has 6 heteroatoms. The first-order valence-electron chi connectivity index (χ1n) is 6.66. The van der Waals surface area contributed by atoms with Gasteiger partial charge in [-0.05, 0) is 45.3 Å². The Kier molecular flexibility index (Phi) is 2.78. The molecular formula is C14H18BN3O2. The molecule has 2 aromatic rings. The minimum atomic E-state index is -0.396. The summed E-state index contributed by atoms with van der Waals surface area (Å²) in [6, 6.07) is 5.78. The number of fused-ring (bicyclic) bond motifs is 1. The van der Waals surface area contributed by atoms with Crippen molar-refractivity contribution >= 4 is 29.4 Å². The van der Waals surface area contributed by atoms with E-state index in [9.17, 15) is 0 Å². The second-order valence-electron chi connectivity index (χ2n) is 6.13. The van der Waals surface area contributed by atoms with Gasteiger partial charge in [-0.15, -0.1) is 0 Å². The summed E-state index contributed by atoms with van der Waals surface area (Å²) in [5, 5.41) is 0. The molecule has 2 N–H and O–H groups in total. The molecule has 0 bridgehead atoms. The highest BCUT2D eigenvalue weighted by Crippen LogP contribution is 2.36. The molecule has 1 aromatic heterocycles. The van der Waals surface area contributed by atoms with Crippen molar-refractivity contribution in [3.8, 4) is 0 Å². The number of benzene rings is 1. The average Bonchev–Trinajstić information content (AvgIpc) is 2.57. The van der Waals surface area contributed by atoms with Gasteiger partial charge in [-0.25, -0.2) is 4.98 Å². The maximum Gasteiger partial charge on any atom is 0.494 e. The average molecular weight is 271 g/mol. The first-order valence-corrected chi connectivity index (χ1v) is 6.66. The third-order valence-electron chi connectivity index (χ3n) is 4.11. The Balaban J connectivity index is 2.00. The van der Waals surface area contributed by atoms with Gasteiger partial charge in [0.15, 0.2) is 0 Å². The van der Waals surface area contributed by atoms with Crippen LogP contribution in [-0.4, -0.2) is 28.3 Å². The Morgan fingerprint density at radius 3 is 2.35 bits per heavy atom. The van der Waals surface area contributed by atoms with E-state index in [1.807, 2.05) is 45.9 Å². The zero-order valence-corrected chi connectivity index (χ0v) is 12.2. The number of hydrogen-bond donors (Lipinski definition) is 1. The van der Waals surface area contributed by atoms with Crippen LogP contribution in [0.15, 0.2) is 24.4 Å². The fraction of sp³-hybridized carbons (Fsp3) is 0.429. The van der Waals surface area contributed by atoms with Crippen molar-refractivity contribution in [2.45, 2.75) is 38.9 Å². The van der Waals surface area contributed by atoms with E-state index in [-0.39, 0.29) is 11.2 Å². The van der Waals surface area contributed by atoms with Gasteiger partial charge < -0.3 is 15.0 Å². The van der Waals surface area contributed by atoms with Crippen LogP contribution in [-0.2, 0) is 9.31 Å². The van der Waals surface area contributed by atoms with Gasteiger partial charge in [0.1, 0.15) is 5.82 Å². The minimum absolute atomic E-state index is 0.353. The van der Waals surface area contributed by atoms with Crippen molar-refractivity contribution < 1.29 is 9.31 Å². The molecule has 1 saturated heterocycles. The summed E-state index contributed by atoms with van der Waals surface area (Å²) in [5.41, 5.74) is 7.45. The predicted molar refractivity (Wildman–Crippen MR) is 79.7 cm³/mol. The Labute approximate surface area is 118 Å². The van der Waals surface area contributed by atoms with Gasteiger partial charge in [-0.1, -0.05) is 6.07 Å². The molecule has 0 saturated carbocycles. The summed E-state index contributed by atoms with van der Waals surface area (Å²) in [7, 11) is -0.396. The van der Waals surface area contributed by atoms with Crippen LogP contribution in [0.5, 0.6) is 0 Å². The Hall–Kier alpha value is -1.66. The van der Waals surface area contributed by atoms with E-state index >= 15 is 0 Å². The Morgan fingerprint density at radius 1 is 1.05 bits per heavy atom. The highest BCUT2D eigenvalue weighted by molar-refractivity contribution is 6.62. The number of rotatable bonds is 1. The molecule has 1 aromatic carbocycles. The number of nitrogen functional groups attached to an aromatic ring is 1. The summed E-state index contributed by atoms with van der Waals surface area (Å²) >= 11 is 0. The van der Waals surface area contributed by atoms with Gasteiger partial charge >= 0.3 is 7.12 Å². The van der Waals surface area contributed by atoms with E-state index < -0.39 is 7.12 Å². The van der Waals surface area contributed by atoms with Crippen LogP contribution in [0.1, 0.15) is 27.7 Å². The van der Waals surface area contributed by atoms with E-state index in [4.69, 9.17) is 15.0 Å². The van der Waals surface area contributed by atoms with Crippen molar-refractivity contribution in [3.63, 3.8) is 0 Å². The van der Waals surface area contributed by atoms with Crippen molar-refractivity contribution in [3.05, 3.63) is 24.4 Å². The van der Waals surface area contributed by atoms with E-state index in [1.165, 1.54) is 0 Å². The highest BCUT2D eigenvalue weighted by Gasteiger charge is 2.51. The third-order valence-corrected chi connectivity index (χ3v) is 4.11. The fourth-order valence-electron chi connectivity index (χ4n) is 2.17. The fourth-order valence-corrected chi connectivity index (χ4v) is 2.17. The zero-order valence-electron chi connectivity index (χ0n) is 12.2. The summed E-state index contributed by atoms with van der Waals surface area (Å²) < 4.78 is 12.1. The lowest BCUT2D eigenvalue weighted by molar-refractivity contribution is 0.00578. The molecular weight excluding hydrogens is 253 g/mol. The van der Waals surface area contributed by atoms with Crippen molar-refractivity contribution in [1.29, 1.82) is 0 Å². The van der Waals surface area contributed by atoms with Crippen LogP contribution in [0.25, 0.3) is 11.0 Å². The molecule has 1 aliphatic heterocycles. The van der Waals surface area contributed by atoms with E-state index in [0.29, 0.717) is 5.82 Å². The van der Waals surface area contributed by atoms with Crippen LogP contribution in [0.4, 0.5) is 5.82 Å². The van der Waals surface area contributed by atoms with E-state index in [0.717, 1.165) is 16.5 Å². The van der Waals surface area contributed by atoms with Gasteiger partial charge in [0.2, 0.25) is 0 Å². The van der Waals surface area contributed by atoms with Crippen LogP contribution < -0.4 is 11.2 Å². The molecule has 0 spiro atoms. The smallest absolute Gasteiger partial charge is 0.399 e. The second kappa shape index (κ2) is 4.17. The van der Waals surface area contributed by atoms with E-state index in [2.05, 4.69) is 9.97 Å². The Bertz CT molecular complexity index is 657. The first-order chi connectivity index (χ1) is 9.28. The largest absolute Gasteiger partial charge is 0.494 e. The van der Waals surface area contributed by atoms with Crippen molar-refractivity contribution in [1.82, 2.24) is 9.97 Å². The second-order valence-corrected chi connectivity index (χ2v) is 6.13. The highest BCUT2D eigenvalue weighted by atomic mass is 16.7. The van der Waals surface area contributed by atoms with Crippen LogP contribution in [0.2, 0.25) is 0 Å². The van der Waals surface area contributed by atoms with E-state index in [1.54, 1.807) is 6.20 Å². The van der Waals surface area contributed by atoms with Crippen molar-refractivity contribution in [2.75, 3.05) is 5.73 Å². The van der Waals surface area contributed by atoms with Crippen LogP contribution in [0, 0.1) is 0 Å². The molecule has 0 aliphatic carbocycles. The maximum absolute atomic E-state index is 6.03. The first kappa shape index (κ1) is 13.3. The minimum Gasteiger partial charge on any atom is -0.399 e. The van der Waals surface area contributed by atoms with Crippen LogP contribution >= 0.6 is 0 Å². The molecule has 1 aliphatic rings. The molecule has 0 amide bonds. The van der Waals surface area contributed by atoms with Gasteiger partial charge in [0.25, 0.3) is 0 Å². The summed E-state index contributed by atoms with van der Waals surface area (Å²) in [4.78, 5) is 8.52. The van der Waals surface area contributed by atoms with Crippen molar-refractivity contribution in [2.24, 2.45) is 0 Å². The molecule has 3 rings (SSSR count). The molecule has 1 fully saturated rings. The third kappa shape index (κ3) is 2.05. The normalized spacial score (nSPS) is 20.5. The summed E-state index contributed by atoms with van der Waals surface area (Å²) in [6.07, 6.45) is 1.55. The van der Waals surface area contributed by atoms with Gasteiger partial charge in [0, 0.05) is 0 Å². The number of nitrogens with zero attached hydrogens (tertiary/aromatic N) is 2. The standard InChI is InChI=1S/C14H18BN3O2/c1-13(2)14(3,4)20-15(19-13)9-5-6-10-11(7-9)18-12(16)8-17-10/h5-8H,1-4H3,(H2,16,18). The topological polar surface area (TPSA) is 70.3 Å². The SMILES string of the molecule is CC1(C)OB(c2ccc3ncc(N)nc3c2)OC1(C)C. The quantitative estimate of drug-likeness (QED) is 0.796. The molecule has 0 atom stereocenters. The summed E-state index contributed by atoms with van der Waals surface area (Å²) in [5.74, 6) is 0.406. The van der Waals surface area contributed by atoms with Gasteiger partial charge in [-0.2, -0.15) is 0 Å². The monoisotopic (exact) mass is 271 g/mol. The molecule has 2 heterocycles. The maximum atomic E-state index is 6.03. The molecule has 20 heavy (non-hydrogen) atoms. The lowest BCUT2D eigenvalue weighted by Crippen LogP contribution is -2.41. The van der Waals surface area contributed by atoms with Gasteiger partial charge in [0.05, 0.1) is 28.4 Å². The molecule has 0 radical (unpaired) electrons. The number of hydrogen-bond acceptors (Lipinski definition) is 5. The van der Waals surface area contributed by atoms with Gasteiger partial charge in [-0.3, -0.25) is 4.98 Å². The predicted octanol–water partition coefficient (Wildman–Crippen LogP) is 1.51. The molecule has 104 valence electrons. The number of anilines is 1. The lowest BCUT2D eigenvalue weighted by atomic mass is 9.79. The lowest BCUT2D eigenvalue weighted by Gasteiger charge is -2.32. The number of nitrogens with two attached hydrogens (primary N) is 1. The number of aromatic nitrogens is 2. The zero-order chi connectivity index (χ0) is 14.5. The Morgan fingerprint density at radius 2 is 1.70 bits per heavy atom.